The molecule has 32 heavy (non-hydrogen) atoms. The number of imidazole rings is 1. The lowest BCUT2D eigenvalue weighted by atomic mass is 10.0. The third-order valence-corrected chi connectivity index (χ3v) is 6.29. The summed E-state index contributed by atoms with van der Waals surface area (Å²) in [5.74, 6) is 0.126. The van der Waals surface area contributed by atoms with Crippen molar-refractivity contribution in [2.75, 3.05) is 0 Å². The highest BCUT2D eigenvalue weighted by atomic mass is 32.2. The molecule has 0 fully saturated rings. The van der Waals surface area contributed by atoms with E-state index in [4.69, 9.17) is 0 Å². The molecule has 8 heteroatoms. The van der Waals surface area contributed by atoms with E-state index >= 15 is 0 Å². The van der Waals surface area contributed by atoms with Crippen molar-refractivity contribution in [1.29, 1.82) is 0 Å². The van der Waals surface area contributed by atoms with Gasteiger partial charge in [0.1, 0.15) is 22.8 Å². The Hall–Kier alpha value is -3.88. The molecule has 4 N–H and O–H groups in total. The highest BCUT2D eigenvalue weighted by Crippen LogP contribution is 2.37. The largest absolute Gasteiger partial charge is 0.507 e. The van der Waals surface area contributed by atoms with Crippen LogP contribution < -0.4 is 0 Å². The van der Waals surface area contributed by atoms with Crippen LogP contribution in [0.1, 0.15) is 5.56 Å². The molecule has 0 spiro atoms. The first kappa shape index (κ1) is 20.0. The number of aromatic amines is 1. The molecule has 0 radical (unpaired) electrons. The van der Waals surface area contributed by atoms with Gasteiger partial charge >= 0.3 is 0 Å². The number of aryl methyl sites for hydroxylation is 1. The number of aromatic nitrogens is 2. The molecule has 4 aromatic carbocycles. The zero-order valence-corrected chi connectivity index (χ0v) is 17.7. The summed E-state index contributed by atoms with van der Waals surface area (Å²) in [6.45, 7) is 2.01. The molecular weight excluding hydrogens is 428 g/mol. The van der Waals surface area contributed by atoms with Crippen molar-refractivity contribution >= 4 is 31.9 Å². The van der Waals surface area contributed by atoms with Crippen molar-refractivity contribution < 1.29 is 23.2 Å². The molecular formula is C24H18N2O5S. The molecule has 0 bridgehead atoms. The zero-order chi connectivity index (χ0) is 22.6. The Labute approximate surface area is 183 Å². The summed E-state index contributed by atoms with van der Waals surface area (Å²) < 4.78 is 32.2. The lowest BCUT2D eigenvalue weighted by Gasteiger charge is -2.06. The van der Waals surface area contributed by atoms with Crippen LogP contribution >= 0.6 is 0 Å². The van der Waals surface area contributed by atoms with Crippen LogP contribution in [0.3, 0.4) is 0 Å². The van der Waals surface area contributed by atoms with Crippen LogP contribution in [0, 0.1) is 6.92 Å². The average Bonchev–Trinajstić information content (AvgIpc) is 3.17. The van der Waals surface area contributed by atoms with Crippen molar-refractivity contribution in [2.24, 2.45) is 0 Å². The second-order valence-electron chi connectivity index (χ2n) is 7.66. The lowest BCUT2D eigenvalue weighted by Crippen LogP contribution is -1.97. The van der Waals surface area contributed by atoms with Crippen molar-refractivity contribution in [3.05, 3.63) is 72.3 Å². The van der Waals surface area contributed by atoms with Gasteiger partial charge in [0, 0.05) is 6.07 Å². The molecule has 0 aliphatic carbocycles. The predicted molar refractivity (Wildman–Crippen MR) is 122 cm³/mol. The minimum Gasteiger partial charge on any atom is -0.507 e. The Morgan fingerprint density at radius 3 is 2.25 bits per heavy atom. The molecule has 1 heterocycles. The first-order valence-electron chi connectivity index (χ1n) is 9.74. The quantitative estimate of drug-likeness (QED) is 0.289. The average molecular weight is 446 g/mol. The van der Waals surface area contributed by atoms with Gasteiger partial charge in [-0.25, -0.2) is 4.98 Å². The van der Waals surface area contributed by atoms with Crippen LogP contribution in [-0.2, 0) is 10.1 Å². The minimum atomic E-state index is -4.46. The van der Waals surface area contributed by atoms with Crippen LogP contribution in [0.25, 0.3) is 44.3 Å². The Kier molecular flexibility index (Phi) is 4.44. The number of benzene rings is 4. The van der Waals surface area contributed by atoms with E-state index in [9.17, 15) is 23.2 Å². The number of hydrogen-bond donors (Lipinski definition) is 4. The maximum absolute atomic E-state index is 11.5. The number of aromatic hydroxyl groups is 2. The van der Waals surface area contributed by atoms with Crippen LogP contribution in [0.15, 0.2) is 71.6 Å². The molecule has 0 saturated carbocycles. The maximum Gasteiger partial charge on any atom is 0.294 e. The van der Waals surface area contributed by atoms with Gasteiger partial charge in [0.15, 0.2) is 0 Å². The molecule has 0 aliphatic heterocycles. The second-order valence-corrected chi connectivity index (χ2v) is 9.08. The molecule has 0 amide bonds. The summed E-state index contributed by atoms with van der Waals surface area (Å²) in [5.41, 5.74) is 4.49. The van der Waals surface area contributed by atoms with Gasteiger partial charge in [0.05, 0.1) is 21.4 Å². The second kappa shape index (κ2) is 7.08. The Morgan fingerprint density at radius 2 is 1.56 bits per heavy atom. The van der Waals surface area contributed by atoms with Crippen molar-refractivity contribution in [3.63, 3.8) is 0 Å². The molecule has 1 aromatic heterocycles. The third-order valence-electron chi connectivity index (χ3n) is 5.46. The number of hydrogen-bond acceptors (Lipinski definition) is 5. The maximum atomic E-state index is 11.5. The standard InChI is InChI=1S/C24H18N2O5S/c1-13-2-4-14(5-3-13)15-6-8-18(20(27)11-15)24-25-19-9-7-16-10-17(32(29,30)31)12-21(28)22(16)23(19)26-24/h2-12,27-28H,1H3,(H,25,26)(H,29,30,31). The normalized spacial score (nSPS) is 11.9. The van der Waals surface area contributed by atoms with Gasteiger partial charge in [0.2, 0.25) is 0 Å². The van der Waals surface area contributed by atoms with Crippen molar-refractivity contribution in [2.45, 2.75) is 11.8 Å². The predicted octanol–water partition coefficient (Wildman–Crippen LogP) is 5.02. The van der Waals surface area contributed by atoms with Crippen LogP contribution in [-0.4, -0.2) is 33.2 Å². The summed E-state index contributed by atoms with van der Waals surface area (Å²) in [7, 11) is -4.46. The van der Waals surface area contributed by atoms with Crippen LogP contribution in [0.5, 0.6) is 11.5 Å². The van der Waals surface area contributed by atoms with Gasteiger partial charge in [0.25, 0.3) is 10.1 Å². The number of H-pyrrole nitrogens is 1. The first-order chi connectivity index (χ1) is 15.2. The summed E-state index contributed by atoms with van der Waals surface area (Å²) >= 11 is 0. The van der Waals surface area contributed by atoms with Gasteiger partial charge < -0.3 is 15.2 Å². The fourth-order valence-electron chi connectivity index (χ4n) is 3.82. The van der Waals surface area contributed by atoms with Gasteiger partial charge in [-0.3, -0.25) is 4.55 Å². The van der Waals surface area contributed by atoms with E-state index in [-0.39, 0.29) is 11.5 Å². The molecule has 160 valence electrons. The Morgan fingerprint density at radius 1 is 0.844 bits per heavy atom. The monoisotopic (exact) mass is 446 g/mol. The fraction of sp³-hybridized carbons (Fsp3) is 0.0417. The molecule has 0 unspecified atom stereocenters. The van der Waals surface area contributed by atoms with Crippen LogP contribution in [0.2, 0.25) is 0 Å². The number of phenols is 2. The van der Waals surface area contributed by atoms with Gasteiger partial charge in [-0.1, -0.05) is 42.0 Å². The summed E-state index contributed by atoms with van der Waals surface area (Å²) in [6.07, 6.45) is 0. The highest BCUT2D eigenvalue weighted by molar-refractivity contribution is 7.85. The van der Waals surface area contributed by atoms with E-state index in [1.54, 1.807) is 24.3 Å². The van der Waals surface area contributed by atoms with Crippen molar-refractivity contribution in [3.8, 4) is 34.0 Å². The smallest absolute Gasteiger partial charge is 0.294 e. The van der Waals surface area contributed by atoms with E-state index in [0.29, 0.717) is 33.2 Å². The van der Waals surface area contributed by atoms with Crippen LogP contribution in [0.4, 0.5) is 0 Å². The zero-order valence-electron chi connectivity index (χ0n) is 16.9. The van der Waals surface area contributed by atoms with E-state index in [1.165, 1.54) is 6.07 Å². The fourth-order valence-corrected chi connectivity index (χ4v) is 4.35. The molecule has 5 aromatic rings. The summed E-state index contributed by atoms with van der Waals surface area (Å²) in [6, 6.07) is 18.9. The number of nitrogens with zero attached hydrogens (tertiary/aromatic N) is 1. The van der Waals surface area contributed by atoms with E-state index in [2.05, 4.69) is 9.97 Å². The van der Waals surface area contributed by atoms with E-state index in [0.717, 1.165) is 22.8 Å². The number of nitrogens with one attached hydrogen (secondary N) is 1. The SMILES string of the molecule is Cc1ccc(-c2ccc(-c3nc4c(ccc5cc(S(=O)(=O)O)cc(O)c54)[nH]3)c(O)c2)cc1. The number of rotatable bonds is 3. The topological polar surface area (TPSA) is 124 Å². The van der Waals surface area contributed by atoms with Gasteiger partial charge in [-0.2, -0.15) is 8.42 Å². The number of phenolic OH excluding ortho intramolecular Hbond substituents is 2. The van der Waals surface area contributed by atoms with E-state index in [1.807, 2.05) is 37.3 Å². The van der Waals surface area contributed by atoms with Crippen molar-refractivity contribution in [1.82, 2.24) is 9.97 Å². The summed E-state index contributed by atoms with van der Waals surface area (Å²) in [4.78, 5) is 7.28. The molecule has 0 saturated heterocycles. The first-order valence-corrected chi connectivity index (χ1v) is 11.2. The number of fused-ring (bicyclic) bond motifs is 3. The minimum absolute atomic E-state index is 0.0457. The Balaban J connectivity index is 1.63. The highest BCUT2D eigenvalue weighted by Gasteiger charge is 2.18. The van der Waals surface area contributed by atoms with Gasteiger partial charge in [-0.15, -0.1) is 0 Å². The molecule has 0 atom stereocenters. The Bertz CT molecular complexity index is 1620. The molecule has 5 rings (SSSR count). The van der Waals surface area contributed by atoms with Gasteiger partial charge in [-0.05, 0) is 47.7 Å². The lowest BCUT2D eigenvalue weighted by molar-refractivity contribution is 0.471. The molecule has 7 nitrogen and oxygen atoms in total. The summed E-state index contributed by atoms with van der Waals surface area (Å²) in [5, 5.41) is 21.9. The third kappa shape index (κ3) is 3.35. The molecule has 0 aliphatic rings. The van der Waals surface area contributed by atoms with E-state index < -0.39 is 15.0 Å².